The summed E-state index contributed by atoms with van der Waals surface area (Å²) in [6.45, 7) is 0.458. The van der Waals surface area contributed by atoms with Gasteiger partial charge in [0.25, 0.3) is 0 Å². The number of benzene rings is 1. The molecule has 0 spiro atoms. The Labute approximate surface area is 92.8 Å². The summed E-state index contributed by atoms with van der Waals surface area (Å²) in [5.74, 6) is 5.05. The van der Waals surface area contributed by atoms with Gasteiger partial charge in [-0.05, 0) is 6.07 Å². The number of urea groups is 1. The van der Waals surface area contributed by atoms with Gasteiger partial charge < -0.3 is 9.32 Å². The lowest BCUT2D eigenvalue weighted by Gasteiger charge is -2.14. The lowest BCUT2D eigenvalue weighted by molar-refractivity contribution is 0.207. The number of carbonyl (C=O) groups is 1. The second kappa shape index (κ2) is 4.24. The minimum Gasteiger partial charge on any atom is -0.464 e. The maximum Gasteiger partial charge on any atom is 0.331 e. The minimum atomic E-state index is -0.328. The first kappa shape index (κ1) is 10.5. The molecule has 16 heavy (non-hydrogen) atoms. The van der Waals surface area contributed by atoms with E-state index in [9.17, 15) is 4.79 Å². The van der Waals surface area contributed by atoms with Gasteiger partial charge in [-0.15, -0.1) is 0 Å². The van der Waals surface area contributed by atoms with Crippen LogP contribution >= 0.6 is 0 Å². The highest BCUT2D eigenvalue weighted by atomic mass is 16.3. The smallest absolute Gasteiger partial charge is 0.331 e. The van der Waals surface area contributed by atoms with Gasteiger partial charge in [0.1, 0.15) is 5.58 Å². The molecule has 0 saturated carbocycles. The van der Waals surface area contributed by atoms with E-state index in [1.807, 2.05) is 24.3 Å². The molecule has 0 fully saturated rings. The molecule has 0 aliphatic heterocycles. The van der Waals surface area contributed by atoms with Crippen molar-refractivity contribution in [2.75, 3.05) is 7.05 Å². The summed E-state index contributed by atoms with van der Waals surface area (Å²) in [7, 11) is 1.67. The second-order valence-electron chi connectivity index (χ2n) is 3.56. The normalized spacial score (nSPS) is 10.4. The van der Waals surface area contributed by atoms with Crippen molar-refractivity contribution in [3.05, 3.63) is 36.1 Å². The minimum absolute atomic E-state index is 0.328. The Kier molecular flexibility index (Phi) is 2.78. The van der Waals surface area contributed by atoms with Crippen LogP contribution < -0.4 is 11.3 Å². The molecule has 2 amide bonds. The van der Waals surface area contributed by atoms with Crippen molar-refractivity contribution in [1.82, 2.24) is 10.3 Å². The van der Waals surface area contributed by atoms with Gasteiger partial charge >= 0.3 is 6.03 Å². The number of hydrogen-bond acceptors (Lipinski definition) is 3. The molecule has 1 aromatic carbocycles. The first-order valence-electron chi connectivity index (χ1n) is 4.89. The van der Waals surface area contributed by atoms with Gasteiger partial charge in [-0.2, -0.15) is 0 Å². The fraction of sp³-hybridized carbons (Fsp3) is 0.182. The maximum atomic E-state index is 11.2. The largest absolute Gasteiger partial charge is 0.464 e. The van der Waals surface area contributed by atoms with Crippen molar-refractivity contribution >= 4 is 17.0 Å². The number of hydrazine groups is 1. The number of furan rings is 1. The summed E-state index contributed by atoms with van der Waals surface area (Å²) in [6.07, 6.45) is 1.66. The average molecular weight is 219 g/mol. The molecule has 0 bridgehead atoms. The Morgan fingerprint density at radius 2 is 2.25 bits per heavy atom. The van der Waals surface area contributed by atoms with Crippen LogP contribution in [0.3, 0.4) is 0 Å². The van der Waals surface area contributed by atoms with Crippen LogP contribution in [0.1, 0.15) is 5.56 Å². The molecule has 0 atom stereocenters. The fourth-order valence-corrected chi connectivity index (χ4v) is 1.59. The molecule has 0 radical (unpaired) electrons. The van der Waals surface area contributed by atoms with Crippen molar-refractivity contribution < 1.29 is 9.21 Å². The zero-order valence-electron chi connectivity index (χ0n) is 8.93. The summed E-state index contributed by atoms with van der Waals surface area (Å²) in [5, 5.41) is 1.01. The van der Waals surface area contributed by atoms with Crippen LogP contribution in [-0.2, 0) is 6.54 Å². The number of nitrogens with zero attached hydrogens (tertiary/aromatic N) is 1. The number of carbonyl (C=O) groups excluding carboxylic acids is 1. The SMILES string of the molecule is CN(Cc1coc2ccccc12)C(=O)NN. The highest BCUT2D eigenvalue weighted by molar-refractivity contribution is 5.81. The van der Waals surface area contributed by atoms with Gasteiger partial charge in [0, 0.05) is 18.0 Å². The maximum absolute atomic E-state index is 11.2. The average Bonchev–Trinajstić information content (AvgIpc) is 2.72. The van der Waals surface area contributed by atoms with E-state index >= 15 is 0 Å². The van der Waals surface area contributed by atoms with E-state index in [1.165, 1.54) is 4.90 Å². The van der Waals surface area contributed by atoms with Crippen molar-refractivity contribution in [3.63, 3.8) is 0 Å². The Hall–Kier alpha value is -2.01. The summed E-state index contributed by atoms with van der Waals surface area (Å²) in [6, 6.07) is 7.37. The summed E-state index contributed by atoms with van der Waals surface area (Å²) in [5.41, 5.74) is 3.86. The number of amides is 2. The van der Waals surface area contributed by atoms with Crippen molar-refractivity contribution in [3.8, 4) is 0 Å². The van der Waals surface area contributed by atoms with Gasteiger partial charge in [-0.1, -0.05) is 18.2 Å². The number of fused-ring (bicyclic) bond motifs is 1. The Morgan fingerprint density at radius 1 is 1.50 bits per heavy atom. The third kappa shape index (κ3) is 1.85. The Morgan fingerprint density at radius 3 is 3.00 bits per heavy atom. The van der Waals surface area contributed by atoms with E-state index in [0.717, 1.165) is 16.5 Å². The van der Waals surface area contributed by atoms with E-state index in [-0.39, 0.29) is 6.03 Å². The fourth-order valence-electron chi connectivity index (χ4n) is 1.59. The predicted octanol–water partition coefficient (Wildman–Crippen LogP) is 1.45. The molecule has 1 heterocycles. The molecule has 2 aromatic rings. The van der Waals surface area contributed by atoms with Gasteiger partial charge in [-0.3, -0.25) is 5.43 Å². The summed E-state index contributed by atoms with van der Waals surface area (Å²) >= 11 is 0. The monoisotopic (exact) mass is 219 g/mol. The van der Waals surface area contributed by atoms with Crippen LogP contribution in [0.4, 0.5) is 4.79 Å². The third-order valence-electron chi connectivity index (χ3n) is 2.44. The van der Waals surface area contributed by atoms with Crippen LogP contribution in [0, 0.1) is 0 Å². The van der Waals surface area contributed by atoms with E-state index < -0.39 is 0 Å². The zero-order valence-corrected chi connectivity index (χ0v) is 8.93. The summed E-state index contributed by atoms with van der Waals surface area (Å²) in [4.78, 5) is 12.7. The molecule has 0 unspecified atom stereocenters. The molecule has 0 aliphatic rings. The number of nitrogens with two attached hydrogens (primary N) is 1. The van der Waals surface area contributed by atoms with E-state index in [2.05, 4.69) is 5.43 Å². The molecular weight excluding hydrogens is 206 g/mol. The first-order chi connectivity index (χ1) is 7.72. The quantitative estimate of drug-likeness (QED) is 0.456. The van der Waals surface area contributed by atoms with Crippen molar-refractivity contribution in [1.29, 1.82) is 0 Å². The lowest BCUT2D eigenvalue weighted by atomic mass is 10.2. The molecule has 1 aromatic heterocycles. The molecule has 3 N–H and O–H groups in total. The van der Waals surface area contributed by atoms with Gasteiger partial charge in [0.15, 0.2) is 0 Å². The molecule has 5 nitrogen and oxygen atoms in total. The van der Waals surface area contributed by atoms with Crippen LogP contribution in [0.15, 0.2) is 34.9 Å². The van der Waals surface area contributed by atoms with Gasteiger partial charge in [-0.25, -0.2) is 10.6 Å². The van der Waals surface area contributed by atoms with E-state index in [0.29, 0.717) is 6.54 Å². The number of para-hydroxylation sites is 1. The standard InChI is InChI=1S/C11H13N3O2/c1-14(11(15)13-12)6-8-7-16-10-5-3-2-4-9(8)10/h2-5,7H,6,12H2,1H3,(H,13,15). The molecule has 2 rings (SSSR count). The second-order valence-corrected chi connectivity index (χ2v) is 3.56. The molecule has 0 saturated heterocycles. The number of nitrogens with one attached hydrogen (secondary N) is 1. The molecular formula is C11H13N3O2. The topological polar surface area (TPSA) is 71.5 Å². The van der Waals surface area contributed by atoms with Gasteiger partial charge in [0.2, 0.25) is 0 Å². The van der Waals surface area contributed by atoms with Crippen LogP contribution in [0.5, 0.6) is 0 Å². The van der Waals surface area contributed by atoms with Gasteiger partial charge in [0.05, 0.1) is 12.8 Å². The van der Waals surface area contributed by atoms with Crippen LogP contribution in [0.2, 0.25) is 0 Å². The van der Waals surface area contributed by atoms with E-state index in [4.69, 9.17) is 10.3 Å². The predicted molar refractivity (Wildman–Crippen MR) is 60.4 cm³/mol. The van der Waals surface area contributed by atoms with Crippen LogP contribution in [0.25, 0.3) is 11.0 Å². The first-order valence-corrected chi connectivity index (χ1v) is 4.89. The van der Waals surface area contributed by atoms with Crippen molar-refractivity contribution in [2.24, 2.45) is 5.84 Å². The zero-order chi connectivity index (χ0) is 11.5. The van der Waals surface area contributed by atoms with Crippen molar-refractivity contribution in [2.45, 2.75) is 6.54 Å². The highest BCUT2D eigenvalue weighted by Gasteiger charge is 2.11. The molecule has 0 aliphatic carbocycles. The highest BCUT2D eigenvalue weighted by Crippen LogP contribution is 2.21. The number of rotatable bonds is 2. The number of hydrogen-bond donors (Lipinski definition) is 2. The lowest BCUT2D eigenvalue weighted by Crippen LogP contribution is -2.40. The third-order valence-corrected chi connectivity index (χ3v) is 2.44. The van der Waals surface area contributed by atoms with Crippen LogP contribution in [-0.4, -0.2) is 18.0 Å². The molecule has 84 valence electrons. The molecule has 5 heteroatoms. The van der Waals surface area contributed by atoms with E-state index in [1.54, 1.807) is 13.3 Å². The Bertz CT molecular complexity index is 507. The summed E-state index contributed by atoms with van der Waals surface area (Å²) < 4.78 is 5.37. The Balaban J connectivity index is 2.24.